The minimum atomic E-state index is -0.322. The molecule has 0 fully saturated rings. The van der Waals surface area contributed by atoms with E-state index in [4.69, 9.17) is 11.0 Å². The van der Waals surface area contributed by atoms with Crippen LogP contribution in [0.25, 0.3) is 93.7 Å². The fourth-order valence-electron chi connectivity index (χ4n) is 11.0. The third kappa shape index (κ3) is 5.18. The van der Waals surface area contributed by atoms with E-state index >= 15 is 0 Å². The van der Waals surface area contributed by atoms with Crippen molar-refractivity contribution in [2.45, 2.75) is 58.5 Å². The summed E-state index contributed by atoms with van der Waals surface area (Å²) in [6, 6.07) is 54.0. The number of benzene rings is 6. The predicted molar refractivity (Wildman–Crippen MR) is 251 cm³/mol. The summed E-state index contributed by atoms with van der Waals surface area (Å²) < 4.78 is 14.5. The van der Waals surface area contributed by atoms with E-state index in [0.717, 1.165) is 54.2 Å². The highest BCUT2D eigenvalue weighted by Crippen LogP contribution is 2.48. The van der Waals surface area contributed by atoms with Crippen LogP contribution < -0.4 is 9.13 Å². The standard InChI is InChI=1S/C57H47N3O/c1-5-57(6-2)37(4)35-58-28-15-14-21-49(58)42-19-11-10-18-39(42)23-24-41-32-52-48(33-44(41)51-30-36(3)27-29-59(51)57)54-55-46(34-47-43-20-12-13-22-53(43)61-56(47)54)45-31-40(25-26-50(45)60(52)55)38-16-8-7-9-17-38/h7-22,25-34H,4-6,23-24,35H2,1-3H3/q+2. The molecular weight excluding hydrogens is 743 g/mol. The molecule has 61 heavy (non-hydrogen) atoms. The Morgan fingerprint density at radius 2 is 1.39 bits per heavy atom. The van der Waals surface area contributed by atoms with Crippen LogP contribution in [0.15, 0.2) is 175 Å². The van der Waals surface area contributed by atoms with Gasteiger partial charge in [-0.3, -0.25) is 0 Å². The molecule has 0 aliphatic carbocycles. The van der Waals surface area contributed by atoms with Gasteiger partial charge in [0.05, 0.1) is 33.1 Å². The number of aromatic nitrogens is 3. The van der Waals surface area contributed by atoms with Crippen LogP contribution in [0.4, 0.5) is 0 Å². The van der Waals surface area contributed by atoms with Crippen LogP contribution in [-0.4, -0.2) is 4.40 Å². The SMILES string of the molecule is C=C1C[n+]2ccccc2-c2ccccc2CCc2cc3c(cc2-c2cc(C)cc[n+]2C1(CC)CC)c1c2oc4ccccc4c2cc2c4cc(-c5ccccc5)ccc4n3c21. The van der Waals surface area contributed by atoms with Crippen molar-refractivity contribution in [3.63, 3.8) is 0 Å². The van der Waals surface area contributed by atoms with Crippen LogP contribution in [0.1, 0.15) is 43.4 Å². The largest absolute Gasteiger partial charge is 0.455 e. The lowest BCUT2D eigenvalue weighted by molar-refractivity contribution is -0.755. The number of pyridine rings is 2. The Labute approximate surface area is 355 Å². The highest BCUT2D eigenvalue weighted by molar-refractivity contribution is 6.33. The summed E-state index contributed by atoms with van der Waals surface area (Å²) in [6.45, 7) is 12.6. The zero-order valence-corrected chi connectivity index (χ0v) is 35.0. The summed E-state index contributed by atoms with van der Waals surface area (Å²) in [4.78, 5) is 0. The van der Waals surface area contributed by atoms with E-state index in [1.54, 1.807) is 0 Å². The van der Waals surface area contributed by atoms with Gasteiger partial charge in [0.1, 0.15) is 11.2 Å². The van der Waals surface area contributed by atoms with E-state index in [2.05, 4.69) is 192 Å². The van der Waals surface area contributed by atoms with Crippen LogP contribution >= 0.6 is 0 Å². The van der Waals surface area contributed by atoms with E-state index in [0.29, 0.717) is 0 Å². The molecule has 0 spiro atoms. The molecule has 12 rings (SSSR count). The predicted octanol–water partition coefficient (Wildman–Crippen LogP) is 13.5. The zero-order valence-electron chi connectivity index (χ0n) is 35.0. The average molecular weight is 790 g/mol. The first-order chi connectivity index (χ1) is 30.0. The molecule has 0 bridgehead atoms. The third-order valence-corrected chi connectivity index (χ3v) is 14.2. The first kappa shape index (κ1) is 35.9. The van der Waals surface area contributed by atoms with E-state index < -0.39 is 0 Å². The molecule has 1 aliphatic heterocycles. The number of hydrogen-bond donors (Lipinski definition) is 0. The number of nitrogens with zero attached hydrogens (tertiary/aromatic N) is 3. The summed E-state index contributed by atoms with van der Waals surface area (Å²) in [5.74, 6) is 0. The lowest BCUT2D eigenvalue weighted by atomic mass is 9.83. The van der Waals surface area contributed by atoms with E-state index in [1.165, 1.54) is 94.0 Å². The van der Waals surface area contributed by atoms with Crippen LogP contribution in [0, 0.1) is 6.92 Å². The fraction of sp³-hybridized carbons (Fsp3) is 0.158. The Balaban J connectivity index is 1.22. The molecule has 4 heteroatoms. The second-order valence-electron chi connectivity index (χ2n) is 17.3. The van der Waals surface area contributed by atoms with Crippen molar-refractivity contribution in [2.24, 2.45) is 0 Å². The quantitative estimate of drug-likeness (QED) is 0.129. The molecule has 0 saturated heterocycles. The van der Waals surface area contributed by atoms with Crippen molar-refractivity contribution in [3.8, 4) is 33.6 Å². The van der Waals surface area contributed by atoms with E-state index in [9.17, 15) is 0 Å². The molecule has 0 atom stereocenters. The van der Waals surface area contributed by atoms with Crippen LogP contribution in [0.3, 0.4) is 0 Å². The number of rotatable bonds is 3. The number of fused-ring (bicyclic) bond motifs is 16. The van der Waals surface area contributed by atoms with Gasteiger partial charge in [0.15, 0.2) is 24.5 Å². The maximum absolute atomic E-state index is 6.94. The van der Waals surface area contributed by atoms with Gasteiger partial charge in [0.25, 0.3) is 0 Å². The topological polar surface area (TPSA) is 25.3 Å². The summed E-state index contributed by atoms with van der Waals surface area (Å²) in [5, 5.41) is 7.22. The lowest BCUT2D eigenvalue weighted by Gasteiger charge is -2.29. The maximum atomic E-state index is 6.94. The van der Waals surface area contributed by atoms with Gasteiger partial charge in [-0.15, -0.1) is 0 Å². The van der Waals surface area contributed by atoms with Gasteiger partial charge in [-0.2, -0.15) is 9.13 Å². The minimum Gasteiger partial charge on any atom is -0.455 e. The summed E-state index contributed by atoms with van der Waals surface area (Å²) in [5.41, 5.74) is 17.8. The number of hydrogen-bond acceptors (Lipinski definition) is 1. The first-order valence-electron chi connectivity index (χ1n) is 21.9. The van der Waals surface area contributed by atoms with Crippen molar-refractivity contribution >= 4 is 60.0 Å². The molecule has 0 unspecified atom stereocenters. The Hall–Kier alpha value is -7.04. The number of furan rings is 1. The Morgan fingerprint density at radius 3 is 2.26 bits per heavy atom. The number of aryl methyl sites for hydroxylation is 3. The smallest absolute Gasteiger partial charge is 0.213 e. The normalized spacial score (nSPS) is 14.2. The van der Waals surface area contributed by atoms with Crippen molar-refractivity contribution < 1.29 is 13.6 Å². The van der Waals surface area contributed by atoms with Gasteiger partial charge in [0.2, 0.25) is 11.4 Å². The van der Waals surface area contributed by atoms with E-state index in [-0.39, 0.29) is 5.54 Å². The summed E-state index contributed by atoms with van der Waals surface area (Å²) >= 11 is 0. The summed E-state index contributed by atoms with van der Waals surface area (Å²) in [7, 11) is 0. The Morgan fingerprint density at radius 1 is 0.607 bits per heavy atom. The number of allylic oxidation sites excluding steroid dienone is 1. The van der Waals surface area contributed by atoms with Crippen LogP contribution in [0.2, 0.25) is 0 Å². The average Bonchev–Trinajstić information content (AvgIpc) is 3.95. The minimum absolute atomic E-state index is 0.322. The molecule has 0 saturated carbocycles. The molecule has 294 valence electrons. The highest BCUT2D eigenvalue weighted by atomic mass is 16.3. The Bertz CT molecular complexity index is 3560. The van der Waals surface area contributed by atoms with Crippen molar-refractivity contribution in [1.29, 1.82) is 0 Å². The van der Waals surface area contributed by atoms with Crippen molar-refractivity contribution in [3.05, 3.63) is 187 Å². The molecule has 0 radical (unpaired) electrons. The molecule has 6 aromatic carbocycles. The van der Waals surface area contributed by atoms with Gasteiger partial charge >= 0.3 is 0 Å². The van der Waals surface area contributed by atoms with Gasteiger partial charge < -0.3 is 8.82 Å². The van der Waals surface area contributed by atoms with E-state index in [1.807, 2.05) is 0 Å². The van der Waals surface area contributed by atoms with Crippen LogP contribution in [-0.2, 0) is 24.9 Å². The first-order valence-corrected chi connectivity index (χ1v) is 21.9. The zero-order chi connectivity index (χ0) is 41.0. The second kappa shape index (κ2) is 13.5. The molecule has 4 nitrogen and oxygen atoms in total. The Kier molecular flexibility index (Phi) is 7.93. The van der Waals surface area contributed by atoms with Crippen molar-refractivity contribution in [1.82, 2.24) is 4.40 Å². The highest BCUT2D eigenvalue weighted by Gasteiger charge is 2.44. The van der Waals surface area contributed by atoms with Gasteiger partial charge in [-0.25, -0.2) is 0 Å². The van der Waals surface area contributed by atoms with Gasteiger partial charge in [-0.1, -0.05) is 93.2 Å². The number of para-hydroxylation sites is 1. The third-order valence-electron chi connectivity index (χ3n) is 14.2. The molecular formula is C57H47N3O+2. The second-order valence-corrected chi connectivity index (χ2v) is 17.3. The molecule has 0 amide bonds. The molecule has 11 aromatic rings. The molecule has 0 N–H and O–H groups in total. The van der Waals surface area contributed by atoms with Crippen LogP contribution in [0.5, 0.6) is 0 Å². The molecule has 1 aliphatic rings. The lowest BCUT2D eigenvalue weighted by Crippen LogP contribution is -2.59. The van der Waals surface area contributed by atoms with Crippen molar-refractivity contribution in [2.75, 3.05) is 0 Å². The molecule has 5 aromatic heterocycles. The van der Waals surface area contributed by atoms with Gasteiger partial charge in [0, 0.05) is 69.6 Å². The van der Waals surface area contributed by atoms with Gasteiger partial charge in [-0.05, 0) is 96.1 Å². The monoisotopic (exact) mass is 789 g/mol. The fourth-order valence-corrected chi connectivity index (χ4v) is 11.0. The summed E-state index contributed by atoms with van der Waals surface area (Å²) in [6.07, 6.45) is 8.19. The maximum Gasteiger partial charge on any atom is 0.213 e. The molecule has 6 heterocycles.